The van der Waals surface area contributed by atoms with Gasteiger partial charge in [-0.15, -0.1) is 6.58 Å². The predicted octanol–water partition coefficient (Wildman–Crippen LogP) is 4.21. The number of rotatable bonds is 10. The van der Waals surface area contributed by atoms with Crippen LogP contribution in [0.25, 0.3) is 0 Å². The fraction of sp³-hybridized carbons (Fsp3) is 0.733. The fourth-order valence-electron chi connectivity index (χ4n) is 1.86. The van der Waals surface area contributed by atoms with E-state index in [1.165, 1.54) is 57.9 Å². The van der Waals surface area contributed by atoms with Gasteiger partial charge in [0.05, 0.1) is 0 Å². The molecular weight excluding hydrogens is 194 g/mol. The van der Waals surface area contributed by atoms with Crippen molar-refractivity contribution in [2.24, 2.45) is 0 Å². The Bertz CT molecular complexity index is 213. The molecule has 1 N–H and O–H groups in total. The van der Waals surface area contributed by atoms with Crippen LogP contribution in [0, 0.1) is 0 Å². The third kappa shape index (κ3) is 7.70. The summed E-state index contributed by atoms with van der Waals surface area (Å²) >= 11 is 0. The number of allylic oxidation sites excluding steroid dienone is 2. The number of unbranched alkanes of at least 4 members (excludes halogenated alkanes) is 3. The van der Waals surface area contributed by atoms with E-state index in [-0.39, 0.29) is 0 Å². The van der Waals surface area contributed by atoms with Crippen LogP contribution in [0.2, 0.25) is 0 Å². The predicted molar refractivity (Wildman–Crippen MR) is 72.7 cm³/mol. The maximum Gasteiger partial charge on any atom is 0.00683 e. The van der Waals surface area contributed by atoms with E-state index in [9.17, 15) is 0 Å². The first-order valence-electron chi connectivity index (χ1n) is 6.83. The normalized spacial score (nSPS) is 16.4. The second-order valence-corrected chi connectivity index (χ2v) is 4.96. The van der Waals surface area contributed by atoms with E-state index in [0.717, 1.165) is 6.04 Å². The van der Waals surface area contributed by atoms with Gasteiger partial charge in [-0.2, -0.15) is 0 Å². The Morgan fingerprint density at radius 3 is 2.75 bits per heavy atom. The van der Waals surface area contributed by atoms with E-state index in [1.807, 2.05) is 6.08 Å². The van der Waals surface area contributed by atoms with Crippen molar-refractivity contribution in [2.45, 2.75) is 64.3 Å². The third-order valence-corrected chi connectivity index (χ3v) is 3.13. The molecule has 0 aromatic heterocycles. The molecule has 0 spiro atoms. The van der Waals surface area contributed by atoms with Gasteiger partial charge in [-0.25, -0.2) is 0 Å². The van der Waals surface area contributed by atoms with Crippen LogP contribution >= 0.6 is 0 Å². The van der Waals surface area contributed by atoms with Crippen molar-refractivity contribution in [1.29, 1.82) is 0 Å². The summed E-state index contributed by atoms with van der Waals surface area (Å²) in [5.74, 6) is 0. The molecule has 92 valence electrons. The molecule has 0 bridgehead atoms. The molecule has 0 aromatic rings. The highest BCUT2D eigenvalue weighted by atomic mass is 14.9. The highest BCUT2D eigenvalue weighted by Crippen LogP contribution is 2.18. The van der Waals surface area contributed by atoms with Gasteiger partial charge in [0.25, 0.3) is 0 Å². The van der Waals surface area contributed by atoms with Crippen molar-refractivity contribution in [3.63, 3.8) is 0 Å². The minimum atomic E-state index is 0.854. The minimum Gasteiger partial charge on any atom is -0.314 e. The summed E-state index contributed by atoms with van der Waals surface area (Å²) in [6, 6.07) is 0.854. The van der Waals surface area contributed by atoms with Gasteiger partial charge < -0.3 is 5.32 Å². The van der Waals surface area contributed by atoms with Gasteiger partial charge >= 0.3 is 0 Å². The molecule has 0 atom stereocenters. The largest absolute Gasteiger partial charge is 0.314 e. The number of hydrogen-bond acceptors (Lipinski definition) is 1. The van der Waals surface area contributed by atoms with Crippen LogP contribution in [0.1, 0.15) is 58.3 Å². The van der Waals surface area contributed by atoms with Crippen LogP contribution in [0.5, 0.6) is 0 Å². The van der Waals surface area contributed by atoms with Crippen LogP contribution in [-0.4, -0.2) is 12.6 Å². The van der Waals surface area contributed by atoms with Gasteiger partial charge in [0.15, 0.2) is 0 Å². The molecule has 1 nitrogen and oxygen atoms in total. The molecule has 1 heteroatoms. The van der Waals surface area contributed by atoms with Gasteiger partial charge in [0.1, 0.15) is 0 Å². The molecule has 0 saturated heterocycles. The average molecular weight is 221 g/mol. The Balaban J connectivity index is 1.88. The summed E-state index contributed by atoms with van der Waals surface area (Å²) in [5.41, 5.74) is 1.57. The monoisotopic (exact) mass is 221 g/mol. The fourth-order valence-corrected chi connectivity index (χ4v) is 1.86. The summed E-state index contributed by atoms with van der Waals surface area (Å²) in [7, 11) is 0. The van der Waals surface area contributed by atoms with E-state index in [2.05, 4.69) is 24.9 Å². The van der Waals surface area contributed by atoms with Crippen LogP contribution in [-0.2, 0) is 0 Å². The first kappa shape index (κ1) is 13.5. The lowest BCUT2D eigenvalue weighted by Crippen LogP contribution is -2.16. The van der Waals surface area contributed by atoms with E-state index in [0.29, 0.717) is 0 Å². The lowest BCUT2D eigenvalue weighted by Gasteiger charge is -2.02. The molecule has 16 heavy (non-hydrogen) atoms. The lowest BCUT2D eigenvalue weighted by atomic mass is 10.1. The Hall–Kier alpha value is -0.560. The zero-order valence-electron chi connectivity index (χ0n) is 10.8. The lowest BCUT2D eigenvalue weighted by molar-refractivity contribution is 0.672. The highest BCUT2D eigenvalue weighted by molar-refractivity contribution is 4.98. The third-order valence-electron chi connectivity index (χ3n) is 3.13. The van der Waals surface area contributed by atoms with Crippen molar-refractivity contribution >= 4 is 0 Å². The summed E-state index contributed by atoms with van der Waals surface area (Å²) in [6.45, 7) is 7.18. The number of nitrogens with one attached hydrogen (secondary N) is 1. The van der Waals surface area contributed by atoms with Gasteiger partial charge in [-0.1, -0.05) is 24.1 Å². The molecule has 1 fully saturated rings. The quantitative estimate of drug-likeness (QED) is 0.430. The van der Waals surface area contributed by atoms with Crippen LogP contribution in [0.15, 0.2) is 24.3 Å². The van der Waals surface area contributed by atoms with E-state index < -0.39 is 0 Å². The summed E-state index contributed by atoms with van der Waals surface area (Å²) in [5, 5.41) is 3.54. The molecule has 1 aliphatic rings. The molecule has 1 saturated carbocycles. The van der Waals surface area contributed by atoms with E-state index >= 15 is 0 Å². The van der Waals surface area contributed by atoms with Gasteiger partial charge in [-0.05, 0) is 58.4 Å². The smallest absolute Gasteiger partial charge is 0.00683 e. The van der Waals surface area contributed by atoms with E-state index in [1.54, 1.807) is 5.57 Å². The van der Waals surface area contributed by atoms with Crippen molar-refractivity contribution in [3.05, 3.63) is 24.3 Å². The maximum absolute atomic E-state index is 3.74. The first-order valence-corrected chi connectivity index (χ1v) is 6.83. The Morgan fingerprint density at radius 2 is 2.06 bits per heavy atom. The molecule has 0 amide bonds. The standard InChI is InChI=1S/C15H27N/c1-3-4-5-6-7-9-14(2)10-8-13-16-15-11-12-15/h3,10,15-16H,1,4-9,11-13H2,2H3/b14-10-. The molecular formula is C15H27N. The van der Waals surface area contributed by atoms with Crippen LogP contribution in [0.3, 0.4) is 0 Å². The Labute approximate surface area is 101 Å². The second kappa shape index (κ2) is 8.58. The topological polar surface area (TPSA) is 12.0 Å². The minimum absolute atomic E-state index is 0.854. The molecule has 0 aromatic carbocycles. The molecule has 0 radical (unpaired) electrons. The van der Waals surface area contributed by atoms with Crippen LogP contribution in [0.4, 0.5) is 0 Å². The first-order chi connectivity index (χ1) is 7.83. The zero-order chi connectivity index (χ0) is 11.6. The SMILES string of the molecule is C=CCCCCC/C(C)=C\CCNC1CC1. The maximum atomic E-state index is 3.74. The van der Waals surface area contributed by atoms with Gasteiger partial charge in [0, 0.05) is 6.04 Å². The Kier molecular flexibility index (Phi) is 7.24. The van der Waals surface area contributed by atoms with Crippen molar-refractivity contribution < 1.29 is 0 Å². The van der Waals surface area contributed by atoms with Crippen molar-refractivity contribution in [3.8, 4) is 0 Å². The van der Waals surface area contributed by atoms with E-state index in [4.69, 9.17) is 0 Å². The van der Waals surface area contributed by atoms with Crippen molar-refractivity contribution in [1.82, 2.24) is 5.32 Å². The van der Waals surface area contributed by atoms with Crippen LogP contribution < -0.4 is 5.32 Å². The van der Waals surface area contributed by atoms with Crippen molar-refractivity contribution in [2.75, 3.05) is 6.54 Å². The molecule has 1 aliphatic carbocycles. The average Bonchev–Trinajstić information content (AvgIpc) is 3.08. The zero-order valence-corrected chi connectivity index (χ0v) is 10.8. The molecule has 1 rings (SSSR count). The molecule has 0 heterocycles. The van der Waals surface area contributed by atoms with Gasteiger partial charge in [0.2, 0.25) is 0 Å². The summed E-state index contributed by atoms with van der Waals surface area (Å²) in [6.07, 6.45) is 14.9. The second-order valence-electron chi connectivity index (χ2n) is 4.96. The summed E-state index contributed by atoms with van der Waals surface area (Å²) in [4.78, 5) is 0. The summed E-state index contributed by atoms with van der Waals surface area (Å²) < 4.78 is 0. The molecule has 0 unspecified atom stereocenters. The van der Waals surface area contributed by atoms with Gasteiger partial charge in [-0.3, -0.25) is 0 Å². The number of hydrogen-bond donors (Lipinski definition) is 1. The Morgan fingerprint density at radius 1 is 1.25 bits per heavy atom. The molecule has 0 aliphatic heterocycles. The highest BCUT2D eigenvalue weighted by Gasteiger charge is 2.19.